The SMILES string of the molecule is COCC1(CNC(=O)c2ccccc2N(C)C)OCCc2ccccc21. The number of ether oxygens (including phenoxy) is 2. The first kappa shape index (κ1) is 18.4. The summed E-state index contributed by atoms with van der Waals surface area (Å²) in [6.45, 7) is 1.36. The first-order valence-electron chi connectivity index (χ1n) is 8.83. The van der Waals surface area contributed by atoms with Gasteiger partial charge in [0, 0.05) is 26.9 Å². The van der Waals surface area contributed by atoms with E-state index in [9.17, 15) is 4.79 Å². The van der Waals surface area contributed by atoms with Crippen molar-refractivity contribution in [2.75, 3.05) is 45.9 Å². The lowest BCUT2D eigenvalue weighted by atomic mass is 9.86. The van der Waals surface area contributed by atoms with Crippen LogP contribution in [0.1, 0.15) is 21.5 Å². The first-order valence-corrected chi connectivity index (χ1v) is 8.83. The van der Waals surface area contributed by atoms with Crippen LogP contribution in [-0.2, 0) is 21.5 Å². The molecule has 1 aliphatic heterocycles. The largest absolute Gasteiger partial charge is 0.381 e. The van der Waals surface area contributed by atoms with E-state index in [1.54, 1.807) is 7.11 Å². The Morgan fingerprint density at radius 2 is 1.92 bits per heavy atom. The molecule has 0 aromatic heterocycles. The monoisotopic (exact) mass is 354 g/mol. The average molecular weight is 354 g/mol. The minimum Gasteiger partial charge on any atom is -0.381 e. The number of hydrogen-bond donors (Lipinski definition) is 1. The maximum Gasteiger partial charge on any atom is 0.253 e. The smallest absolute Gasteiger partial charge is 0.253 e. The van der Waals surface area contributed by atoms with Gasteiger partial charge in [-0.25, -0.2) is 0 Å². The van der Waals surface area contributed by atoms with Crippen molar-refractivity contribution in [3.8, 4) is 0 Å². The molecule has 1 amide bonds. The van der Waals surface area contributed by atoms with Crippen molar-refractivity contribution in [1.29, 1.82) is 0 Å². The van der Waals surface area contributed by atoms with Gasteiger partial charge in [0.25, 0.3) is 5.91 Å². The van der Waals surface area contributed by atoms with Crippen LogP contribution in [0.15, 0.2) is 48.5 Å². The number of rotatable bonds is 6. The normalized spacial score (nSPS) is 18.9. The van der Waals surface area contributed by atoms with E-state index in [1.165, 1.54) is 5.56 Å². The van der Waals surface area contributed by atoms with Crippen LogP contribution >= 0.6 is 0 Å². The third-order valence-corrected chi connectivity index (χ3v) is 4.80. The van der Waals surface area contributed by atoms with E-state index >= 15 is 0 Å². The molecule has 0 fully saturated rings. The molecule has 5 nitrogen and oxygen atoms in total. The van der Waals surface area contributed by atoms with E-state index in [4.69, 9.17) is 9.47 Å². The van der Waals surface area contributed by atoms with Gasteiger partial charge < -0.3 is 19.7 Å². The van der Waals surface area contributed by atoms with Crippen LogP contribution in [0.25, 0.3) is 0 Å². The standard InChI is InChI=1S/C21H26N2O3/c1-23(2)19-11-7-5-9-17(19)20(24)22-14-21(15-25-3)18-10-6-4-8-16(18)12-13-26-21/h4-11H,12-15H2,1-3H3,(H,22,24). The molecule has 0 saturated heterocycles. The van der Waals surface area contributed by atoms with Crippen LogP contribution in [0, 0.1) is 0 Å². The van der Waals surface area contributed by atoms with Gasteiger partial charge >= 0.3 is 0 Å². The van der Waals surface area contributed by atoms with Crippen molar-refractivity contribution in [3.63, 3.8) is 0 Å². The molecule has 2 aromatic carbocycles. The predicted molar refractivity (Wildman–Crippen MR) is 103 cm³/mol. The Morgan fingerprint density at radius 1 is 1.19 bits per heavy atom. The molecule has 0 aliphatic carbocycles. The summed E-state index contributed by atoms with van der Waals surface area (Å²) in [6, 6.07) is 15.8. The Labute approximate surface area is 154 Å². The first-order chi connectivity index (χ1) is 12.6. The van der Waals surface area contributed by atoms with E-state index in [1.807, 2.05) is 55.4 Å². The molecule has 0 saturated carbocycles. The van der Waals surface area contributed by atoms with Gasteiger partial charge in [-0.1, -0.05) is 36.4 Å². The molecule has 1 aliphatic rings. The van der Waals surface area contributed by atoms with Gasteiger partial charge in [-0.3, -0.25) is 4.79 Å². The number of hydrogen-bond acceptors (Lipinski definition) is 4. The van der Waals surface area contributed by atoms with Crippen LogP contribution in [0.5, 0.6) is 0 Å². The van der Waals surface area contributed by atoms with Crippen molar-refractivity contribution >= 4 is 11.6 Å². The summed E-state index contributed by atoms with van der Waals surface area (Å²) in [5.74, 6) is -0.114. The van der Waals surface area contributed by atoms with Crippen LogP contribution in [-0.4, -0.2) is 46.9 Å². The molecule has 1 N–H and O–H groups in total. The van der Waals surface area contributed by atoms with Gasteiger partial charge in [0.2, 0.25) is 0 Å². The average Bonchev–Trinajstić information content (AvgIpc) is 2.66. The molecule has 1 unspecified atom stereocenters. The lowest BCUT2D eigenvalue weighted by Crippen LogP contribution is -2.48. The zero-order chi connectivity index (χ0) is 18.6. The molecular weight excluding hydrogens is 328 g/mol. The maximum atomic E-state index is 12.8. The minimum absolute atomic E-state index is 0.114. The highest BCUT2D eigenvalue weighted by Crippen LogP contribution is 2.33. The molecule has 0 spiro atoms. The van der Waals surface area contributed by atoms with Gasteiger partial charge in [-0.2, -0.15) is 0 Å². The molecule has 1 atom stereocenters. The van der Waals surface area contributed by atoms with Gasteiger partial charge in [-0.15, -0.1) is 0 Å². The van der Waals surface area contributed by atoms with Crippen LogP contribution in [0.2, 0.25) is 0 Å². The molecule has 1 heterocycles. The topological polar surface area (TPSA) is 50.8 Å². The molecule has 2 aromatic rings. The Kier molecular flexibility index (Phi) is 5.59. The molecule has 0 bridgehead atoms. The van der Waals surface area contributed by atoms with Crippen molar-refractivity contribution in [1.82, 2.24) is 5.32 Å². The van der Waals surface area contributed by atoms with E-state index < -0.39 is 5.60 Å². The summed E-state index contributed by atoms with van der Waals surface area (Å²) in [7, 11) is 5.52. The number of benzene rings is 2. The van der Waals surface area contributed by atoms with Crippen LogP contribution < -0.4 is 10.2 Å². The number of anilines is 1. The fourth-order valence-electron chi connectivity index (χ4n) is 3.54. The predicted octanol–water partition coefficient (Wildman–Crippen LogP) is 2.60. The second kappa shape index (κ2) is 7.89. The lowest BCUT2D eigenvalue weighted by molar-refractivity contribution is -0.0997. The number of para-hydroxylation sites is 1. The molecule has 3 rings (SSSR count). The molecule has 0 radical (unpaired) electrons. The summed E-state index contributed by atoms with van der Waals surface area (Å²) < 4.78 is 11.6. The van der Waals surface area contributed by atoms with Gasteiger partial charge in [-0.05, 0) is 29.7 Å². The van der Waals surface area contributed by atoms with E-state index in [0.717, 1.165) is 17.7 Å². The summed E-state index contributed by atoms with van der Waals surface area (Å²) in [6.07, 6.45) is 0.874. The molecule has 138 valence electrons. The summed E-state index contributed by atoms with van der Waals surface area (Å²) in [5.41, 5.74) is 3.21. The van der Waals surface area contributed by atoms with E-state index in [-0.39, 0.29) is 5.91 Å². The number of amides is 1. The van der Waals surface area contributed by atoms with Gasteiger partial charge in [0.15, 0.2) is 0 Å². The number of nitrogens with one attached hydrogen (secondary N) is 1. The van der Waals surface area contributed by atoms with Crippen molar-refractivity contribution in [2.45, 2.75) is 12.0 Å². The Morgan fingerprint density at radius 3 is 2.69 bits per heavy atom. The van der Waals surface area contributed by atoms with Crippen molar-refractivity contribution in [2.24, 2.45) is 0 Å². The second-order valence-electron chi connectivity index (χ2n) is 6.78. The Bertz CT molecular complexity index is 775. The number of nitrogens with zero attached hydrogens (tertiary/aromatic N) is 1. The van der Waals surface area contributed by atoms with Crippen LogP contribution in [0.4, 0.5) is 5.69 Å². The summed E-state index contributed by atoms with van der Waals surface area (Å²) in [4.78, 5) is 14.8. The highest BCUT2D eigenvalue weighted by Gasteiger charge is 2.38. The fourth-order valence-corrected chi connectivity index (χ4v) is 3.54. The highest BCUT2D eigenvalue weighted by molar-refractivity contribution is 5.99. The molecule has 5 heteroatoms. The third kappa shape index (κ3) is 3.59. The van der Waals surface area contributed by atoms with E-state index in [2.05, 4.69) is 17.4 Å². The number of methoxy groups -OCH3 is 1. The number of fused-ring (bicyclic) bond motifs is 1. The fraction of sp³-hybridized carbons (Fsp3) is 0.381. The van der Waals surface area contributed by atoms with Crippen LogP contribution in [0.3, 0.4) is 0 Å². The minimum atomic E-state index is -0.660. The van der Waals surface area contributed by atoms with E-state index in [0.29, 0.717) is 25.3 Å². The van der Waals surface area contributed by atoms with Crippen molar-refractivity contribution in [3.05, 3.63) is 65.2 Å². The van der Waals surface area contributed by atoms with Gasteiger partial charge in [0.1, 0.15) is 5.60 Å². The number of carbonyl (C=O) groups excluding carboxylic acids is 1. The Balaban J connectivity index is 1.84. The highest BCUT2D eigenvalue weighted by atomic mass is 16.5. The number of carbonyl (C=O) groups is 1. The second-order valence-corrected chi connectivity index (χ2v) is 6.78. The quantitative estimate of drug-likeness (QED) is 0.866. The summed E-state index contributed by atoms with van der Waals surface area (Å²) in [5, 5.41) is 3.06. The van der Waals surface area contributed by atoms with Gasteiger partial charge in [0.05, 0.1) is 25.3 Å². The Hall–Kier alpha value is -2.37. The van der Waals surface area contributed by atoms with Crippen molar-refractivity contribution < 1.29 is 14.3 Å². The zero-order valence-electron chi connectivity index (χ0n) is 15.6. The maximum absolute atomic E-state index is 12.8. The third-order valence-electron chi connectivity index (χ3n) is 4.80. The lowest BCUT2D eigenvalue weighted by Gasteiger charge is -2.38. The molecule has 26 heavy (non-hydrogen) atoms. The summed E-state index contributed by atoms with van der Waals surface area (Å²) >= 11 is 0. The molecular formula is C21H26N2O3. The zero-order valence-corrected chi connectivity index (χ0v) is 15.6.